The Morgan fingerprint density at radius 2 is 1.88 bits per heavy atom. The highest BCUT2D eigenvalue weighted by Crippen LogP contribution is 2.29. The van der Waals surface area contributed by atoms with Gasteiger partial charge in [-0.25, -0.2) is 0 Å². The highest BCUT2D eigenvalue weighted by molar-refractivity contribution is 7.14. The second kappa shape index (κ2) is 7.68. The first kappa shape index (κ1) is 17.5. The van der Waals surface area contributed by atoms with E-state index < -0.39 is 0 Å². The number of thiophene rings is 1. The molecule has 0 fully saturated rings. The number of amides is 1. The molecule has 4 rings (SSSR count). The summed E-state index contributed by atoms with van der Waals surface area (Å²) >= 11 is 1.69. The standard InChI is InChI=1S/C19H22N2OS.ClH/c22-19(18-9-14-4-2-1-3-5-17(14)23-18)21-10-13-6-7-15-11-20-12-16(15)8-13;/h6-9,20H,1-5,10-12H2,(H,21,22);1H. The van der Waals surface area contributed by atoms with Gasteiger partial charge in [0.2, 0.25) is 0 Å². The summed E-state index contributed by atoms with van der Waals surface area (Å²) in [6.07, 6.45) is 6.11. The van der Waals surface area contributed by atoms with Gasteiger partial charge in [0, 0.05) is 24.5 Å². The highest BCUT2D eigenvalue weighted by atomic mass is 35.5. The number of carbonyl (C=O) groups is 1. The van der Waals surface area contributed by atoms with Crippen LogP contribution in [0, 0.1) is 0 Å². The molecule has 1 amide bonds. The van der Waals surface area contributed by atoms with Crippen molar-refractivity contribution in [2.24, 2.45) is 0 Å². The summed E-state index contributed by atoms with van der Waals surface area (Å²) in [5, 5.41) is 6.44. The predicted molar refractivity (Wildman–Crippen MR) is 101 cm³/mol. The second-order valence-corrected chi connectivity index (χ2v) is 7.65. The Balaban J connectivity index is 0.00000169. The number of hydrogen-bond acceptors (Lipinski definition) is 3. The molecule has 1 aromatic carbocycles. The molecular weight excluding hydrogens is 340 g/mol. The summed E-state index contributed by atoms with van der Waals surface area (Å²) in [4.78, 5) is 14.7. The molecule has 2 aliphatic rings. The molecule has 0 spiro atoms. The van der Waals surface area contributed by atoms with Crippen LogP contribution >= 0.6 is 23.7 Å². The first-order valence-electron chi connectivity index (χ1n) is 8.51. The number of benzene rings is 1. The van der Waals surface area contributed by atoms with Gasteiger partial charge in [-0.3, -0.25) is 4.79 Å². The Kier molecular flexibility index (Phi) is 5.59. The fraction of sp³-hybridized carbons (Fsp3) is 0.421. The SMILES string of the molecule is Cl.O=C(NCc1ccc2c(c1)CNC2)c1cc2c(s1)CCCCC2. The summed E-state index contributed by atoms with van der Waals surface area (Å²) in [6.45, 7) is 2.51. The number of hydrogen-bond donors (Lipinski definition) is 2. The van der Waals surface area contributed by atoms with Gasteiger partial charge < -0.3 is 10.6 Å². The number of aryl methyl sites for hydroxylation is 2. The zero-order valence-corrected chi connectivity index (χ0v) is 15.3. The molecule has 0 saturated carbocycles. The molecule has 3 nitrogen and oxygen atoms in total. The molecule has 1 aromatic heterocycles. The van der Waals surface area contributed by atoms with Gasteiger partial charge in [-0.2, -0.15) is 0 Å². The zero-order valence-electron chi connectivity index (χ0n) is 13.7. The lowest BCUT2D eigenvalue weighted by Crippen LogP contribution is -2.21. The molecule has 1 aliphatic heterocycles. The van der Waals surface area contributed by atoms with E-state index in [2.05, 4.69) is 34.9 Å². The maximum Gasteiger partial charge on any atom is 0.261 e. The van der Waals surface area contributed by atoms with Gasteiger partial charge in [0.25, 0.3) is 5.91 Å². The van der Waals surface area contributed by atoms with Crippen molar-refractivity contribution in [2.45, 2.75) is 51.7 Å². The third-order valence-electron chi connectivity index (χ3n) is 4.83. The Morgan fingerprint density at radius 3 is 2.79 bits per heavy atom. The molecular formula is C19H23ClN2OS. The van der Waals surface area contributed by atoms with Crippen LogP contribution in [0.3, 0.4) is 0 Å². The van der Waals surface area contributed by atoms with E-state index in [1.807, 2.05) is 0 Å². The van der Waals surface area contributed by atoms with E-state index in [0.717, 1.165) is 30.8 Å². The van der Waals surface area contributed by atoms with Gasteiger partial charge in [0.1, 0.15) is 0 Å². The first-order valence-corrected chi connectivity index (χ1v) is 9.32. The summed E-state index contributed by atoms with van der Waals surface area (Å²) < 4.78 is 0. The van der Waals surface area contributed by atoms with E-state index in [1.54, 1.807) is 11.3 Å². The number of nitrogens with one attached hydrogen (secondary N) is 2. The molecule has 0 bridgehead atoms. The molecule has 0 unspecified atom stereocenters. The van der Waals surface area contributed by atoms with Crippen LogP contribution in [0.4, 0.5) is 0 Å². The first-order chi connectivity index (χ1) is 11.3. The minimum absolute atomic E-state index is 0. The van der Waals surface area contributed by atoms with E-state index in [1.165, 1.54) is 46.4 Å². The van der Waals surface area contributed by atoms with Gasteiger partial charge in [0.05, 0.1) is 4.88 Å². The molecule has 5 heteroatoms. The van der Waals surface area contributed by atoms with Gasteiger partial charge in [0.15, 0.2) is 0 Å². The number of carbonyl (C=O) groups excluding carboxylic acids is 1. The van der Waals surface area contributed by atoms with Crippen LogP contribution < -0.4 is 10.6 Å². The summed E-state index contributed by atoms with van der Waals surface area (Å²) in [6, 6.07) is 8.62. The summed E-state index contributed by atoms with van der Waals surface area (Å²) in [5.41, 5.74) is 5.32. The Labute approximate surface area is 153 Å². The van der Waals surface area contributed by atoms with Crippen molar-refractivity contribution in [3.05, 3.63) is 56.3 Å². The fourth-order valence-corrected chi connectivity index (χ4v) is 4.68. The molecule has 2 N–H and O–H groups in total. The van der Waals surface area contributed by atoms with Crippen molar-refractivity contribution in [1.82, 2.24) is 10.6 Å². The van der Waals surface area contributed by atoms with Crippen LogP contribution in [0.1, 0.15) is 56.1 Å². The Hall–Kier alpha value is -1.36. The topological polar surface area (TPSA) is 41.1 Å². The highest BCUT2D eigenvalue weighted by Gasteiger charge is 2.16. The average molecular weight is 363 g/mol. The molecule has 24 heavy (non-hydrogen) atoms. The van der Waals surface area contributed by atoms with Crippen molar-refractivity contribution < 1.29 is 4.79 Å². The normalized spacial score (nSPS) is 15.8. The van der Waals surface area contributed by atoms with Gasteiger partial charge in [-0.1, -0.05) is 24.6 Å². The predicted octanol–water partition coefficient (Wildman–Crippen LogP) is 3.97. The number of fused-ring (bicyclic) bond motifs is 2. The molecule has 2 aromatic rings. The molecule has 2 heterocycles. The van der Waals surface area contributed by atoms with Crippen LogP contribution in [0.2, 0.25) is 0 Å². The van der Waals surface area contributed by atoms with Gasteiger partial charge >= 0.3 is 0 Å². The maximum atomic E-state index is 12.4. The van der Waals surface area contributed by atoms with Crippen molar-refractivity contribution in [2.75, 3.05) is 0 Å². The monoisotopic (exact) mass is 362 g/mol. The zero-order chi connectivity index (χ0) is 15.6. The number of rotatable bonds is 3. The van der Waals surface area contributed by atoms with Gasteiger partial charge in [-0.05, 0) is 54.0 Å². The second-order valence-electron chi connectivity index (χ2n) is 6.51. The summed E-state index contributed by atoms with van der Waals surface area (Å²) in [7, 11) is 0. The van der Waals surface area contributed by atoms with E-state index in [-0.39, 0.29) is 18.3 Å². The average Bonchev–Trinajstić information content (AvgIpc) is 3.14. The summed E-state index contributed by atoms with van der Waals surface area (Å²) in [5.74, 6) is 0.0710. The maximum absolute atomic E-state index is 12.4. The minimum atomic E-state index is 0. The third-order valence-corrected chi connectivity index (χ3v) is 6.06. The third kappa shape index (κ3) is 3.66. The Bertz CT molecular complexity index is 717. The van der Waals surface area contributed by atoms with Crippen molar-refractivity contribution in [1.29, 1.82) is 0 Å². The van der Waals surface area contributed by atoms with Crippen LogP contribution in [0.25, 0.3) is 0 Å². The quantitative estimate of drug-likeness (QED) is 0.811. The van der Waals surface area contributed by atoms with Crippen molar-refractivity contribution in [3.8, 4) is 0 Å². The van der Waals surface area contributed by atoms with Crippen LogP contribution in [-0.4, -0.2) is 5.91 Å². The van der Waals surface area contributed by atoms with Crippen LogP contribution in [0.15, 0.2) is 24.3 Å². The fourth-order valence-electron chi connectivity index (χ4n) is 3.51. The van der Waals surface area contributed by atoms with Gasteiger partial charge in [-0.15, -0.1) is 23.7 Å². The Morgan fingerprint density at radius 1 is 1.04 bits per heavy atom. The lowest BCUT2D eigenvalue weighted by molar-refractivity contribution is 0.0955. The van der Waals surface area contributed by atoms with Crippen molar-refractivity contribution in [3.63, 3.8) is 0 Å². The molecule has 0 atom stereocenters. The molecule has 1 aliphatic carbocycles. The van der Waals surface area contributed by atoms with E-state index in [4.69, 9.17) is 0 Å². The lowest BCUT2D eigenvalue weighted by Gasteiger charge is -2.06. The molecule has 0 saturated heterocycles. The largest absolute Gasteiger partial charge is 0.347 e. The van der Waals surface area contributed by atoms with Crippen LogP contribution in [-0.2, 0) is 32.5 Å². The molecule has 0 radical (unpaired) electrons. The molecule has 128 valence electrons. The van der Waals surface area contributed by atoms with E-state index >= 15 is 0 Å². The van der Waals surface area contributed by atoms with E-state index in [9.17, 15) is 4.79 Å². The van der Waals surface area contributed by atoms with Crippen LogP contribution in [0.5, 0.6) is 0 Å². The minimum Gasteiger partial charge on any atom is -0.347 e. The van der Waals surface area contributed by atoms with Crippen molar-refractivity contribution >= 4 is 29.7 Å². The smallest absolute Gasteiger partial charge is 0.261 e. The lowest BCUT2D eigenvalue weighted by atomic mass is 10.1. The van der Waals surface area contributed by atoms with E-state index in [0.29, 0.717) is 6.54 Å². The number of halogens is 1.